The molecule has 1 aliphatic rings. The number of aliphatic hydroxyl groups is 1. The molecular weight excluding hydrogens is 462 g/mol. The number of nitrogens with zero attached hydrogens (tertiary/aromatic N) is 1. The number of methoxy groups -OCH3 is 1. The van der Waals surface area contributed by atoms with Crippen LogP contribution in [-0.2, 0) is 16.0 Å². The molecule has 8 heteroatoms. The Kier molecular flexibility index (Phi) is 5.77. The minimum atomic E-state index is -0.975. The van der Waals surface area contributed by atoms with Gasteiger partial charge < -0.3 is 19.4 Å². The van der Waals surface area contributed by atoms with Crippen LogP contribution in [0.5, 0.6) is 5.75 Å². The van der Waals surface area contributed by atoms with Crippen LogP contribution in [0.2, 0.25) is 0 Å². The van der Waals surface area contributed by atoms with Crippen LogP contribution in [0.25, 0.3) is 11.0 Å². The topological polar surface area (TPSA) is 117 Å². The molecule has 0 radical (unpaired) electrons. The standard InChI is InChI=1S/C28H21NO7/c1-35-20-9-5-8-18-15-21(36-27(18)20)25(32)23-24(17-6-3-2-4-7-17)29(28(34)26(23)33)19-12-10-16(11-13-19)14-22(30)31/h2-13,15,24,33H,14H2,1H3,(H,30,31). The lowest BCUT2D eigenvalue weighted by atomic mass is 9.94. The molecule has 0 aliphatic carbocycles. The zero-order valence-electron chi connectivity index (χ0n) is 19.2. The summed E-state index contributed by atoms with van der Waals surface area (Å²) in [5, 5.41) is 20.6. The average Bonchev–Trinajstić information content (AvgIpc) is 3.43. The average molecular weight is 483 g/mol. The van der Waals surface area contributed by atoms with E-state index in [9.17, 15) is 19.5 Å². The van der Waals surface area contributed by atoms with Crippen molar-refractivity contribution < 1.29 is 33.8 Å². The van der Waals surface area contributed by atoms with Crippen LogP contribution >= 0.6 is 0 Å². The zero-order chi connectivity index (χ0) is 25.4. The number of ether oxygens (including phenoxy) is 1. The van der Waals surface area contributed by atoms with E-state index in [-0.39, 0.29) is 17.8 Å². The third kappa shape index (κ3) is 3.88. The molecule has 1 aliphatic heterocycles. The fraction of sp³-hybridized carbons (Fsp3) is 0.107. The fourth-order valence-corrected chi connectivity index (χ4v) is 4.44. The first-order chi connectivity index (χ1) is 17.4. The Morgan fingerprint density at radius 2 is 1.72 bits per heavy atom. The van der Waals surface area contributed by atoms with Crippen molar-refractivity contribution in [1.29, 1.82) is 0 Å². The SMILES string of the molecule is COc1cccc2cc(C(=O)C3=C(O)C(=O)N(c4ccc(CC(=O)O)cc4)C3c3ccccc3)oc12. The number of furan rings is 1. The zero-order valence-corrected chi connectivity index (χ0v) is 19.2. The molecule has 2 N–H and O–H groups in total. The lowest BCUT2D eigenvalue weighted by Crippen LogP contribution is -2.31. The number of ketones is 1. The van der Waals surface area contributed by atoms with Crippen molar-refractivity contribution in [2.75, 3.05) is 12.0 Å². The number of carbonyl (C=O) groups excluding carboxylic acids is 2. The number of anilines is 1. The molecule has 1 amide bonds. The van der Waals surface area contributed by atoms with Crippen LogP contribution < -0.4 is 9.64 Å². The van der Waals surface area contributed by atoms with Crippen molar-refractivity contribution in [1.82, 2.24) is 0 Å². The molecule has 180 valence electrons. The third-order valence-electron chi connectivity index (χ3n) is 6.09. The number of hydrogen-bond acceptors (Lipinski definition) is 6. The second-order valence-electron chi connectivity index (χ2n) is 8.31. The van der Waals surface area contributed by atoms with E-state index in [1.165, 1.54) is 12.0 Å². The van der Waals surface area contributed by atoms with Gasteiger partial charge in [-0.05, 0) is 35.4 Å². The Hall–Kier alpha value is -4.85. The van der Waals surface area contributed by atoms with Gasteiger partial charge in [0.15, 0.2) is 22.9 Å². The smallest absolute Gasteiger partial charge is 0.307 e. The van der Waals surface area contributed by atoms with E-state index in [2.05, 4.69) is 0 Å². The van der Waals surface area contributed by atoms with E-state index in [1.807, 2.05) is 6.07 Å². The summed E-state index contributed by atoms with van der Waals surface area (Å²) in [5.41, 5.74) is 1.85. The van der Waals surface area contributed by atoms with Crippen LogP contribution in [0.4, 0.5) is 5.69 Å². The summed E-state index contributed by atoms with van der Waals surface area (Å²) < 4.78 is 11.1. The monoisotopic (exact) mass is 483 g/mol. The van der Waals surface area contributed by atoms with Gasteiger partial charge in [-0.15, -0.1) is 0 Å². The first-order valence-corrected chi connectivity index (χ1v) is 11.1. The summed E-state index contributed by atoms with van der Waals surface area (Å²) in [6.45, 7) is 0. The minimum Gasteiger partial charge on any atom is -0.503 e. The summed E-state index contributed by atoms with van der Waals surface area (Å²) in [4.78, 5) is 39.4. The van der Waals surface area contributed by atoms with Gasteiger partial charge in [-0.2, -0.15) is 0 Å². The van der Waals surface area contributed by atoms with Crippen molar-refractivity contribution in [2.45, 2.75) is 12.5 Å². The van der Waals surface area contributed by atoms with Gasteiger partial charge in [-0.1, -0.05) is 54.6 Å². The predicted octanol–water partition coefficient (Wildman–Crippen LogP) is 4.85. The lowest BCUT2D eigenvalue weighted by Gasteiger charge is -2.27. The van der Waals surface area contributed by atoms with Crippen LogP contribution in [0.3, 0.4) is 0 Å². The molecular formula is C28H21NO7. The van der Waals surface area contributed by atoms with E-state index >= 15 is 0 Å². The molecule has 0 spiro atoms. The number of carboxylic acids is 1. The van der Waals surface area contributed by atoms with Crippen LogP contribution in [-0.4, -0.2) is 35.0 Å². The maximum Gasteiger partial charge on any atom is 0.307 e. The van der Waals surface area contributed by atoms with Crippen LogP contribution in [0, 0.1) is 0 Å². The molecule has 1 unspecified atom stereocenters. The third-order valence-corrected chi connectivity index (χ3v) is 6.09. The number of hydrogen-bond donors (Lipinski definition) is 2. The fourth-order valence-electron chi connectivity index (χ4n) is 4.44. The van der Waals surface area contributed by atoms with Gasteiger partial charge in [0.1, 0.15) is 0 Å². The van der Waals surface area contributed by atoms with E-state index in [1.54, 1.807) is 72.8 Å². The van der Waals surface area contributed by atoms with Gasteiger partial charge in [0.05, 0.1) is 25.1 Å². The van der Waals surface area contributed by atoms with Crippen molar-refractivity contribution in [3.05, 3.63) is 107 Å². The van der Waals surface area contributed by atoms with Gasteiger partial charge in [-0.25, -0.2) is 0 Å². The number of Topliss-reactive ketones (excluding diaryl/α,β-unsaturated/α-hetero) is 1. The number of amides is 1. The second kappa shape index (κ2) is 9.07. The van der Waals surface area contributed by atoms with E-state index in [0.29, 0.717) is 33.5 Å². The summed E-state index contributed by atoms with van der Waals surface area (Å²) >= 11 is 0. The summed E-state index contributed by atoms with van der Waals surface area (Å²) in [6, 6.07) is 21.1. The van der Waals surface area contributed by atoms with Crippen molar-refractivity contribution in [3.8, 4) is 5.75 Å². The molecule has 36 heavy (non-hydrogen) atoms. The first-order valence-electron chi connectivity index (χ1n) is 11.1. The number of carbonyl (C=O) groups is 3. The number of fused-ring (bicyclic) bond motifs is 1. The summed E-state index contributed by atoms with van der Waals surface area (Å²) in [6.07, 6.45) is -0.168. The number of benzene rings is 3. The van der Waals surface area contributed by atoms with Crippen molar-refractivity contribution in [3.63, 3.8) is 0 Å². The maximum atomic E-state index is 13.7. The van der Waals surface area contributed by atoms with Crippen LogP contribution in [0.15, 0.2) is 94.6 Å². The number of rotatable bonds is 7. The van der Waals surface area contributed by atoms with Crippen molar-refractivity contribution >= 4 is 34.3 Å². The van der Waals surface area contributed by atoms with Gasteiger partial charge in [0.25, 0.3) is 5.91 Å². The second-order valence-corrected chi connectivity index (χ2v) is 8.31. The van der Waals surface area contributed by atoms with Crippen LogP contribution in [0.1, 0.15) is 27.7 Å². The molecule has 3 aromatic carbocycles. The van der Waals surface area contributed by atoms with Gasteiger partial charge >= 0.3 is 5.97 Å². The number of para-hydroxylation sites is 1. The number of aliphatic carboxylic acids is 1. The highest BCUT2D eigenvalue weighted by atomic mass is 16.5. The number of carboxylic acid groups (broad SMARTS) is 1. The largest absolute Gasteiger partial charge is 0.503 e. The van der Waals surface area contributed by atoms with E-state index in [4.69, 9.17) is 14.3 Å². The maximum absolute atomic E-state index is 13.7. The normalized spacial score (nSPS) is 15.5. The lowest BCUT2D eigenvalue weighted by molar-refractivity contribution is -0.136. The summed E-state index contributed by atoms with van der Waals surface area (Å²) in [5.74, 6) is -2.60. The van der Waals surface area contributed by atoms with E-state index in [0.717, 1.165) is 0 Å². The highest BCUT2D eigenvalue weighted by Gasteiger charge is 2.45. The first kappa shape index (κ1) is 22.9. The molecule has 4 aromatic rings. The molecule has 0 saturated carbocycles. The van der Waals surface area contributed by atoms with Gasteiger partial charge in [-0.3, -0.25) is 19.3 Å². The number of aliphatic hydroxyl groups excluding tert-OH is 1. The Morgan fingerprint density at radius 3 is 2.39 bits per heavy atom. The molecule has 1 atom stereocenters. The highest BCUT2D eigenvalue weighted by Crippen LogP contribution is 2.42. The minimum absolute atomic E-state index is 0.0385. The Labute approximate surface area is 205 Å². The molecule has 1 aromatic heterocycles. The highest BCUT2D eigenvalue weighted by molar-refractivity contribution is 6.20. The van der Waals surface area contributed by atoms with Gasteiger partial charge in [0, 0.05) is 11.1 Å². The molecule has 2 heterocycles. The molecule has 0 saturated heterocycles. The Bertz CT molecular complexity index is 1520. The van der Waals surface area contributed by atoms with Crippen molar-refractivity contribution in [2.24, 2.45) is 0 Å². The predicted molar refractivity (Wildman–Crippen MR) is 131 cm³/mol. The Balaban J connectivity index is 1.60. The molecule has 5 rings (SSSR count). The quantitative estimate of drug-likeness (QED) is 0.361. The molecule has 0 bridgehead atoms. The Morgan fingerprint density at radius 1 is 1.00 bits per heavy atom. The van der Waals surface area contributed by atoms with Gasteiger partial charge in [0.2, 0.25) is 5.78 Å². The summed E-state index contributed by atoms with van der Waals surface area (Å²) in [7, 11) is 1.49. The molecule has 0 fully saturated rings. The molecule has 8 nitrogen and oxygen atoms in total. The van der Waals surface area contributed by atoms with E-state index < -0.39 is 29.5 Å².